The number of hydrogen-bond acceptors (Lipinski definition) is 0. The van der Waals surface area contributed by atoms with Gasteiger partial charge in [-0.3, -0.25) is 0 Å². The molecule has 0 bridgehead atoms. The first-order valence-corrected chi connectivity index (χ1v) is 6.53. The molecule has 0 saturated carbocycles. The minimum absolute atomic E-state index is 0.724. The maximum absolute atomic E-state index is 2.40. The SMILES string of the molecule is CC1CCCc2ccc(-c3ccccc3)cc21. The second-order valence-electron chi connectivity index (χ2n) is 5.07. The van der Waals surface area contributed by atoms with E-state index < -0.39 is 0 Å². The Bertz CT molecular complexity index is 511. The van der Waals surface area contributed by atoms with E-state index in [1.54, 1.807) is 11.1 Å². The molecule has 0 fully saturated rings. The molecule has 0 heterocycles. The molecule has 3 rings (SSSR count). The van der Waals surface area contributed by atoms with Gasteiger partial charge < -0.3 is 0 Å². The molecule has 0 radical (unpaired) electrons. The molecule has 2 aromatic carbocycles. The Kier molecular flexibility index (Phi) is 2.72. The average molecular weight is 222 g/mol. The number of aryl methyl sites for hydroxylation is 1. The molecule has 1 aliphatic carbocycles. The van der Waals surface area contributed by atoms with E-state index in [4.69, 9.17) is 0 Å². The maximum atomic E-state index is 2.40. The summed E-state index contributed by atoms with van der Waals surface area (Å²) < 4.78 is 0. The Morgan fingerprint density at radius 1 is 0.941 bits per heavy atom. The van der Waals surface area contributed by atoms with Gasteiger partial charge in [-0.05, 0) is 47.4 Å². The molecule has 1 atom stereocenters. The summed E-state index contributed by atoms with van der Waals surface area (Å²) >= 11 is 0. The van der Waals surface area contributed by atoms with Crippen molar-refractivity contribution < 1.29 is 0 Å². The van der Waals surface area contributed by atoms with Crippen LogP contribution in [0, 0.1) is 0 Å². The van der Waals surface area contributed by atoms with Crippen LogP contribution in [0.1, 0.15) is 36.8 Å². The van der Waals surface area contributed by atoms with Crippen LogP contribution in [0.15, 0.2) is 48.5 Å². The quantitative estimate of drug-likeness (QED) is 0.650. The third kappa shape index (κ3) is 2.00. The molecule has 1 aliphatic rings. The van der Waals surface area contributed by atoms with E-state index >= 15 is 0 Å². The van der Waals surface area contributed by atoms with Crippen LogP contribution in [-0.2, 0) is 6.42 Å². The van der Waals surface area contributed by atoms with Crippen molar-refractivity contribution in [2.75, 3.05) is 0 Å². The van der Waals surface area contributed by atoms with Crippen molar-refractivity contribution >= 4 is 0 Å². The van der Waals surface area contributed by atoms with Gasteiger partial charge >= 0.3 is 0 Å². The highest BCUT2D eigenvalue weighted by molar-refractivity contribution is 5.65. The lowest BCUT2D eigenvalue weighted by molar-refractivity contribution is 0.590. The first-order valence-electron chi connectivity index (χ1n) is 6.53. The van der Waals surface area contributed by atoms with Gasteiger partial charge in [-0.25, -0.2) is 0 Å². The molecule has 86 valence electrons. The minimum atomic E-state index is 0.724. The zero-order valence-electron chi connectivity index (χ0n) is 10.3. The predicted octanol–water partition coefficient (Wildman–Crippen LogP) is 4.79. The predicted molar refractivity (Wildman–Crippen MR) is 73.2 cm³/mol. The molecule has 2 aromatic rings. The molecule has 0 amide bonds. The molecule has 0 nitrogen and oxygen atoms in total. The van der Waals surface area contributed by atoms with E-state index in [-0.39, 0.29) is 0 Å². The number of rotatable bonds is 1. The Labute approximate surface area is 103 Å². The van der Waals surface area contributed by atoms with Crippen molar-refractivity contribution in [3.63, 3.8) is 0 Å². The maximum Gasteiger partial charge on any atom is -0.0181 e. The molecule has 1 unspecified atom stereocenters. The molecule has 0 heteroatoms. The van der Waals surface area contributed by atoms with Crippen molar-refractivity contribution in [3.05, 3.63) is 59.7 Å². The van der Waals surface area contributed by atoms with Crippen LogP contribution in [0.2, 0.25) is 0 Å². The van der Waals surface area contributed by atoms with Gasteiger partial charge in [-0.2, -0.15) is 0 Å². The average Bonchev–Trinajstić information content (AvgIpc) is 2.40. The molecule has 17 heavy (non-hydrogen) atoms. The number of hydrogen-bond donors (Lipinski definition) is 0. The third-order valence-corrected chi connectivity index (χ3v) is 3.87. The topological polar surface area (TPSA) is 0 Å². The lowest BCUT2D eigenvalue weighted by Crippen LogP contribution is -2.06. The Balaban J connectivity index is 2.06. The summed E-state index contributed by atoms with van der Waals surface area (Å²) in [5.74, 6) is 0.724. The first kappa shape index (κ1) is 10.6. The van der Waals surface area contributed by atoms with Crippen LogP contribution >= 0.6 is 0 Å². The van der Waals surface area contributed by atoms with Crippen LogP contribution in [-0.4, -0.2) is 0 Å². The molecule has 0 spiro atoms. The summed E-state index contributed by atoms with van der Waals surface area (Å²) in [6.07, 6.45) is 3.94. The molecular weight excluding hydrogens is 204 g/mol. The van der Waals surface area contributed by atoms with Gasteiger partial charge in [0.1, 0.15) is 0 Å². The van der Waals surface area contributed by atoms with Crippen molar-refractivity contribution in [2.45, 2.75) is 32.1 Å². The Morgan fingerprint density at radius 2 is 1.76 bits per heavy atom. The number of fused-ring (bicyclic) bond motifs is 1. The summed E-state index contributed by atoms with van der Waals surface area (Å²) in [5.41, 5.74) is 5.81. The van der Waals surface area contributed by atoms with E-state index in [1.165, 1.54) is 30.4 Å². The van der Waals surface area contributed by atoms with Gasteiger partial charge in [0.05, 0.1) is 0 Å². The first-order chi connectivity index (χ1) is 8.34. The summed E-state index contributed by atoms with van der Waals surface area (Å²) in [6.45, 7) is 2.35. The van der Waals surface area contributed by atoms with Crippen molar-refractivity contribution in [1.29, 1.82) is 0 Å². The fourth-order valence-corrected chi connectivity index (χ4v) is 2.85. The zero-order valence-corrected chi connectivity index (χ0v) is 10.3. The molecule has 0 saturated heterocycles. The molecule has 0 N–H and O–H groups in total. The second-order valence-corrected chi connectivity index (χ2v) is 5.07. The molecular formula is C17H18. The molecule has 0 aromatic heterocycles. The van der Waals surface area contributed by atoms with E-state index in [0.29, 0.717) is 0 Å². The Morgan fingerprint density at radius 3 is 2.59 bits per heavy atom. The van der Waals surface area contributed by atoms with Gasteiger partial charge in [0.15, 0.2) is 0 Å². The van der Waals surface area contributed by atoms with Gasteiger partial charge in [0.25, 0.3) is 0 Å². The molecule has 0 aliphatic heterocycles. The van der Waals surface area contributed by atoms with E-state index in [2.05, 4.69) is 55.5 Å². The lowest BCUT2D eigenvalue weighted by Gasteiger charge is -2.23. The fraction of sp³-hybridized carbons (Fsp3) is 0.294. The summed E-state index contributed by atoms with van der Waals surface area (Å²) in [5, 5.41) is 0. The van der Waals surface area contributed by atoms with Gasteiger partial charge in [-0.15, -0.1) is 0 Å². The van der Waals surface area contributed by atoms with Crippen molar-refractivity contribution in [2.24, 2.45) is 0 Å². The Hall–Kier alpha value is -1.56. The van der Waals surface area contributed by atoms with E-state index in [9.17, 15) is 0 Å². The highest BCUT2D eigenvalue weighted by Crippen LogP contribution is 2.34. The van der Waals surface area contributed by atoms with Gasteiger partial charge in [0.2, 0.25) is 0 Å². The van der Waals surface area contributed by atoms with Crippen molar-refractivity contribution in [3.8, 4) is 11.1 Å². The summed E-state index contributed by atoms with van der Waals surface area (Å²) in [7, 11) is 0. The summed E-state index contributed by atoms with van der Waals surface area (Å²) in [4.78, 5) is 0. The summed E-state index contributed by atoms with van der Waals surface area (Å²) in [6, 6.07) is 17.7. The van der Waals surface area contributed by atoms with E-state index in [0.717, 1.165) is 5.92 Å². The largest absolute Gasteiger partial charge is 0.0622 e. The van der Waals surface area contributed by atoms with Crippen LogP contribution in [0.3, 0.4) is 0 Å². The minimum Gasteiger partial charge on any atom is -0.0622 e. The number of benzene rings is 2. The second kappa shape index (κ2) is 4.37. The highest BCUT2D eigenvalue weighted by Gasteiger charge is 2.16. The van der Waals surface area contributed by atoms with E-state index in [1.807, 2.05) is 0 Å². The lowest BCUT2D eigenvalue weighted by atomic mass is 9.82. The van der Waals surface area contributed by atoms with Gasteiger partial charge in [-0.1, -0.05) is 55.5 Å². The third-order valence-electron chi connectivity index (χ3n) is 3.87. The van der Waals surface area contributed by atoms with Crippen LogP contribution in [0.5, 0.6) is 0 Å². The normalized spacial score (nSPS) is 18.8. The monoisotopic (exact) mass is 222 g/mol. The van der Waals surface area contributed by atoms with Crippen LogP contribution in [0.4, 0.5) is 0 Å². The van der Waals surface area contributed by atoms with Crippen molar-refractivity contribution in [1.82, 2.24) is 0 Å². The zero-order chi connectivity index (χ0) is 11.7. The standard InChI is InChI=1S/C17H18/c1-13-6-5-9-15-10-11-16(12-17(13)15)14-7-3-2-4-8-14/h2-4,7-8,10-13H,5-6,9H2,1H3. The fourth-order valence-electron chi connectivity index (χ4n) is 2.85. The highest BCUT2D eigenvalue weighted by atomic mass is 14.2. The smallest absolute Gasteiger partial charge is 0.0181 e. The van der Waals surface area contributed by atoms with Crippen LogP contribution in [0.25, 0.3) is 11.1 Å². The van der Waals surface area contributed by atoms with Crippen LogP contribution < -0.4 is 0 Å². The van der Waals surface area contributed by atoms with Gasteiger partial charge in [0, 0.05) is 0 Å².